The van der Waals surface area contributed by atoms with E-state index < -0.39 is 11.9 Å². The number of hydrogen-bond acceptors (Lipinski definition) is 4. The minimum atomic E-state index is -1.03. The molecule has 0 aromatic heterocycles. The molecule has 0 fully saturated rings. The Morgan fingerprint density at radius 2 is 0.868 bits per heavy atom. The molecule has 0 aliphatic heterocycles. The zero-order valence-corrected chi connectivity index (χ0v) is 20.3. The van der Waals surface area contributed by atoms with E-state index in [1.807, 2.05) is 24.3 Å². The van der Waals surface area contributed by atoms with E-state index in [0.717, 1.165) is 11.1 Å². The molecular formula is C30H24N2O6. The van der Waals surface area contributed by atoms with Gasteiger partial charge in [0.05, 0.1) is 12.8 Å². The van der Waals surface area contributed by atoms with Gasteiger partial charge >= 0.3 is 11.9 Å². The first-order chi connectivity index (χ1) is 18.3. The topological polar surface area (TPSA) is 133 Å². The Hall–Kier alpha value is -5.34. The van der Waals surface area contributed by atoms with Gasteiger partial charge in [0.2, 0.25) is 11.8 Å². The standard InChI is InChI=1S/C30H24N2O6/c33-27(14-16-29(35)36)31-25-8-2-6-23(19-25)12-10-21-4-1-5-22(18-21)11-13-24-7-3-9-26(20-24)32-28(34)15-17-30(37)38/h1-9,18-20H,14-17H2,(H,31,33)(H,32,34)(H,35,36)(H,37,38). The molecule has 3 aromatic rings. The summed E-state index contributed by atoms with van der Waals surface area (Å²) < 4.78 is 0. The van der Waals surface area contributed by atoms with Crippen molar-refractivity contribution in [2.75, 3.05) is 10.6 Å². The minimum absolute atomic E-state index is 0.106. The second-order valence-electron chi connectivity index (χ2n) is 8.13. The van der Waals surface area contributed by atoms with E-state index in [1.165, 1.54) is 0 Å². The molecule has 8 nitrogen and oxygen atoms in total. The van der Waals surface area contributed by atoms with Crippen LogP contribution in [0.4, 0.5) is 11.4 Å². The second-order valence-corrected chi connectivity index (χ2v) is 8.13. The summed E-state index contributed by atoms with van der Waals surface area (Å²) in [5, 5.41) is 22.7. The lowest BCUT2D eigenvalue weighted by molar-refractivity contribution is -0.138. The van der Waals surface area contributed by atoms with Crippen LogP contribution in [0.5, 0.6) is 0 Å². The van der Waals surface area contributed by atoms with E-state index in [9.17, 15) is 19.2 Å². The van der Waals surface area contributed by atoms with Gasteiger partial charge < -0.3 is 20.8 Å². The molecule has 0 radical (unpaired) electrons. The normalized spacial score (nSPS) is 9.68. The van der Waals surface area contributed by atoms with E-state index in [2.05, 4.69) is 34.3 Å². The summed E-state index contributed by atoms with van der Waals surface area (Å²) in [6.07, 6.45) is -0.683. The third-order valence-corrected chi connectivity index (χ3v) is 4.99. The van der Waals surface area contributed by atoms with Crippen molar-refractivity contribution in [2.45, 2.75) is 25.7 Å². The Kier molecular flexibility index (Phi) is 9.80. The molecule has 0 aliphatic carbocycles. The van der Waals surface area contributed by atoms with Gasteiger partial charge in [-0.15, -0.1) is 0 Å². The molecule has 0 aliphatic rings. The second kappa shape index (κ2) is 13.7. The summed E-state index contributed by atoms with van der Waals surface area (Å²) in [5.74, 6) is 9.43. The fourth-order valence-corrected chi connectivity index (χ4v) is 3.20. The van der Waals surface area contributed by atoms with Crippen molar-refractivity contribution in [3.05, 3.63) is 95.1 Å². The number of aliphatic carboxylic acids is 2. The van der Waals surface area contributed by atoms with Crippen LogP contribution in [0.25, 0.3) is 0 Å². The van der Waals surface area contributed by atoms with Crippen molar-refractivity contribution in [1.82, 2.24) is 0 Å². The number of carbonyl (C=O) groups is 4. The molecule has 2 amide bonds. The van der Waals surface area contributed by atoms with Crippen LogP contribution in [0, 0.1) is 23.7 Å². The lowest BCUT2D eigenvalue weighted by Crippen LogP contribution is -2.13. The molecule has 4 N–H and O–H groups in total. The summed E-state index contributed by atoms with van der Waals surface area (Å²) in [5.41, 5.74) is 3.91. The molecule has 0 heterocycles. The first-order valence-electron chi connectivity index (χ1n) is 11.6. The molecule has 8 heteroatoms. The van der Waals surface area contributed by atoms with Crippen molar-refractivity contribution in [3.63, 3.8) is 0 Å². The highest BCUT2D eigenvalue weighted by molar-refractivity contribution is 5.93. The molecular weight excluding hydrogens is 484 g/mol. The molecule has 0 bridgehead atoms. The third kappa shape index (κ3) is 9.73. The Balaban J connectivity index is 1.66. The average molecular weight is 509 g/mol. The molecule has 38 heavy (non-hydrogen) atoms. The van der Waals surface area contributed by atoms with Crippen molar-refractivity contribution >= 4 is 35.1 Å². The molecule has 0 atom stereocenters. The third-order valence-electron chi connectivity index (χ3n) is 4.99. The largest absolute Gasteiger partial charge is 0.481 e. The Bertz CT molecular complexity index is 1380. The monoisotopic (exact) mass is 508 g/mol. The van der Waals surface area contributed by atoms with E-state index in [0.29, 0.717) is 22.5 Å². The molecule has 3 aromatic carbocycles. The molecule has 0 saturated carbocycles. The van der Waals surface area contributed by atoms with Crippen molar-refractivity contribution in [3.8, 4) is 23.7 Å². The van der Waals surface area contributed by atoms with Crippen molar-refractivity contribution < 1.29 is 29.4 Å². The number of hydrogen-bond donors (Lipinski definition) is 4. The van der Waals surface area contributed by atoms with Gasteiger partial charge in [0, 0.05) is 46.5 Å². The number of rotatable bonds is 8. The van der Waals surface area contributed by atoms with Crippen LogP contribution in [0.3, 0.4) is 0 Å². The van der Waals surface area contributed by atoms with Gasteiger partial charge in [-0.2, -0.15) is 0 Å². The lowest BCUT2D eigenvalue weighted by Gasteiger charge is -2.04. The number of nitrogens with one attached hydrogen (secondary N) is 2. The number of anilines is 2. The number of carbonyl (C=O) groups excluding carboxylic acids is 2. The maximum atomic E-state index is 11.9. The summed E-state index contributed by atoms with van der Waals surface area (Å²) in [4.78, 5) is 45.0. The Morgan fingerprint density at radius 3 is 1.24 bits per heavy atom. The number of amides is 2. The summed E-state index contributed by atoms with van der Waals surface area (Å²) in [6.45, 7) is 0. The van der Waals surface area contributed by atoms with Crippen molar-refractivity contribution in [1.29, 1.82) is 0 Å². The van der Waals surface area contributed by atoms with E-state index >= 15 is 0 Å². The zero-order valence-electron chi connectivity index (χ0n) is 20.3. The van der Waals surface area contributed by atoms with E-state index in [1.54, 1.807) is 48.5 Å². The van der Waals surface area contributed by atoms with Gasteiger partial charge in [-0.25, -0.2) is 0 Å². The first-order valence-corrected chi connectivity index (χ1v) is 11.6. The van der Waals surface area contributed by atoms with Gasteiger partial charge in [0.25, 0.3) is 0 Å². The molecule has 0 unspecified atom stereocenters. The SMILES string of the molecule is O=C(O)CCC(=O)Nc1cccc(C#Cc2cccc(C#Cc3cccc(NC(=O)CCC(=O)O)c3)c2)c1. The maximum absolute atomic E-state index is 11.9. The molecule has 0 spiro atoms. The lowest BCUT2D eigenvalue weighted by atomic mass is 10.1. The number of benzene rings is 3. The summed E-state index contributed by atoms with van der Waals surface area (Å²) in [7, 11) is 0. The van der Waals surface area contributed by atoms with Crippen LogP contribution in [0.15, 0.2) is 72.8 Å². The Labute approximate surface area is 219 Å². The fraction of sp³-hybridized carbons (Fsp3) is 0.133. The van der Waals surface area contributed by atoms with E-state index in [-0.39, 0.29) is 37.5 Å². The van der Waals surface area contributed by atoms with Gasteiger partial charge in [-0.05, 0) is 54.6 Å². The number of carboxylic acid groups (broad SMARTS) is 2. The van der Waals surface area contributed by atoms with Crippen LogP contribution in [0.2, 0.25) is 0 Å². The van der Waals surface area contributed by atoms with Gasteiger partial charge in [0.15, 0.2) is 0 Å². The summed E-state index contributed by atoms with van der Waals surface area (Å²) in [6, 6.07) is 21.3. The first kappa shape index (κ1) is 27.3. The van der Waals surface area contributed by atoms with Crippen LogP contribution in [0.1, 0.15) is 47.9 Å². The minimum Gasteiger partial charge on any atom is -0.481 e. The van der Waals surface area contributed by atoms with Crippen LogP contribution in [-0.4, -0.2) is 34.0 Å². The highest BCUT2D eigenvalue weighted by atomic mass is 16.4. The fourth-order valence-electron chi connectivity index (χ4n) is 3.20. The van der Waals surface area contributed by atoms with E-state index in [4.69, 9.17) is 10.2 Å². The average Bonchev–Trinajstić information content (AvgIpc) is 2.89. The zero-order chi connectivity index (χ0) is 27.3. The predicted molar refractivity (Wildman–Crippen MR) is 142 cm³/mol. The van der Waals surface area contributed by atoms with Crippen LogP contribution < -0.4 is 10.6 Å². The van der Waals surface area contributed by atoms with Crippen LogP contribution in [-0.2, 0) is 19.2 Å². The van der Waals surface area contributed by atoms with Gasteiger partial charge in [-0.1, -0.05) is 41.9 Å². The summed E-state index contributed by atoms with van der Waals surface area (Å²) >= 11 is 0. The predicted octanol–water partition coefficient (Wildman–Crippen LogP) is 4.09. The molecule has 3 rings (SSSR count). The maximum Gasteiger partial charge on any atom is 0.303 e. The number of carboxylic acids is 2. The van der Waals surface area contributed by atoms with Crippen LogP contribution >= 0.6 is 0 Å². The highest BCUT2D eigenvalue weighted by Gasteiger charge is 2.07. The molecule has 190 valence electrons. The van der Waals surface area contributed by atoms with Crippen molar-refractivity contribution in [2.24, 2.45) is 0 Å². The quantitative estimate of drug-likeness (QED) is 0.339. The Morgan fingerprint density at radius 1 is 0.526 bits per heavy atom. The molecule has 0 saturated heterocycles. The van der Waals surface area contributed by atoms with Gasteiger partial charge in [-0.3, -0.25) is 19.2 Å². The smallest absolute Gasteiger partial charge is 0.303 e. The highest BCUT2D eigenvalue weighted by Crippen LogP contribution is 2.13. The van der Waals surface area contributed by atoms with Gasteiger partial charge in [0.1, 0.15) is 0 Å².